The number of methoxy groups -OCH3 is 1. The molecule has 0 saturated heterocycles. The maximum Gasteiger partial charge on any atom is 0.387 e. The van der Waals surface area contributed by atoms with E-state index in [1.807, 2.05) is 6.92 Å². The summed E-state index contributed by atoms with van der Waals surface area (Å²) in [6, 6.07) is 4.15. The second kappa shape index (κ2) is 11.0. The molecule has 0 fully saturated rings. The fourth-order valence-corrected chi connectivity index (χ4v) is 1.67. The molecule has 1 aromatic carbocycles. The molecule has 0 aliphatic heterocycles. The third-order valence-corrected chi connectivity index (χ3v) is 2.66. The predicted molar refractivity (Wildman–Crippen MR) is 82.4 cm³/mol. The van der Waals surface area contributed by atoms with Crippen LogP contribution in [0.25, 0.3) is 0 Å². The molecule has 1 amide bonds. The van der Waals surface area contributed by atoms with Gasteiger partial charge in [-0.3, -0.25) is 4.79 Å². The van der Waals surface area contributed by atoms with E-state index < -0.39 is 6.61 Å². The molecule has 5 nitrogen and oxygen atoms in total. The fourth-order valence-electron chi connectivity index (χ4n) is 1.67. The van der Waals surface area contributed by atoms with Gasteiger partial charge in [0.25, 0.3) is 5.91 Å². The van der Waals surface area contributed by atoms with Crippen molar-refractivity contribution in [2.24, 2.45) is 0 Å². The molecule has 2 N–H and O–H groups in total. The van der Waals surface area contributed by atoms with E-state index >= 15 is 0 Å². The van der Waals surface area contributed by atoms with Gasteiger partial charge in [-0.05, 0) is 31.2 Å². The fraction of sp³-hybridized carbons (Fsp3) is 0.500. The van der Waals surface area contributed by atoms with Gasteiger partial charge in [-0.1, -0.05) is 6.92 Å². The number of halogens is 3. The lowest BCUT2D eigenvalue weighted by Crippen LogP contribution is -2.32. The smallest absolute Gasteiger partial charge is 0.387 e. The third-order valence-electron chi connectivity index (χ3n) is 2.66. The van der Waals surface area contributed by atoms with E-state index in [-0.39, 0.29) is 35.4 Å². The zero-order chi connectivity index (χ0) is 15.7. The Balaban J connectivity index is 0.00000441. The number of nitrogens with one attached hydrogen (secondary N) is 2. The van der Waals surface area contributed by atoms with Crippen LogP contribution in [0.3, 0.4) is 0 Å². The largest absolute Gasteiger partial charge is 0.493 e. The second-order valence-corrected chi connectivity index (χ2v) is 4.25. The highest BCUT2D eigenvalue weighted by molar-refractivity contribution is 5.94. The van der Waals surface area contributed by atoms with Gasteiger partial charge in [-0.2, -0.15) is 8.78 Å². The molecule has 0 bridgehead atoms. The summed E-state index contributed by atoms with van der Waals surface area (Å²) in [5, 5.41) is 5.83. The predicted octanol–water partition coefficient (Wildman–Crippen LogP) is 2.45. The molecule has 0 radical (unpaired) electrons. The van der Waals surface area contributed by atoms with Gasteiger partial charge in [0.15, 0.2) is 11.5 Å². The van der Waals surface area contributed by atoms with Crippen molar-refractivity contribution >= 4 is 18.3 Å². The molecule has 8 heteroatoms. The molecule has 1 rings (SSSR count). The van der Waals surface area contributed by atoms with Crippen molar-refractivity contribution < 1.29 is 23.0 Å². The zero-order valence-electron chi connectivity index (χ0n) is 12.5. The number of hydrogen-bond donors (Lipinski definition) is 2. The van der Waals surface area contributed by atoms with Crippen molar-refractivity contribution in [3.8, 4) is 11.5 Å². The highest BCUT2D eigenvalue weighted by atomic mass is 35.5. The third kappa shape index (κ3) is 6.91. The van der Waals surface area contributed by atoms with E-state index in [2.05, 4.69) is 15.4 Å². The monoisotopic (exact) mass is 338 g/mol. The normalized spacial score (nSPS) is 10.0. The molecule has 0 atom stereocenters. The van der Waals surface area contributed by atoms with Crippen LogP contribution in [0, 0.1) is 0 Å². The van der Waals surface area contributed by atoms with Crippen molar-refractivity contribution in [1.82, 2.24) is 10.6 Å². The Morgan fingerprint density at radius 2 is 1.95 bits per heavy atom. The Hall–Kier alpha value is -1.60. The van der Waals surface area contributed by atoms with Crippen LogP contribution in [0.1, 0.15) is 23.7 Å². The number of carbonyl (C=O) groups excluding carboxylic acids is 1. The molecule has 1 aromatic rings. The minimum atomic E-state index is -2.98. The first-order valence-electron chi connectivity index (χ1n) is 6.70. The Kier molecular flexibility index (Phi) is 10.2. The quantitative estimate of drug-likeness (QED) is 0.679. The summed E-state index contributed by atoms with van der Waals surface area (Å²) in [6.45, 7) is 1.06. The van der Waals surface area contributed by atoms with Crippen molar-refractivity contribution in [3.63, 3.8) is 0 Å². The first kappa shape index (κ1) is 20.4. The van der Waals surface area contributed by atoms with Gasteiger partial charge in [0, 0.05) is 18.7 Å². The van der Waals surface area contributed by atoms with Crippen molar-refractivity contribution in [1.29, 1.82) is 0 Å². The van der Waals surface area contributed by atoms with Crippen LogP contribution in [0.5, 0.6) is 11.5 Å². The average molecular weight is 339 g/mol. The highest BCUT2D eigenvalue weighted by Crippen LogP contribution is 2.29. The van der Waals surface area contributed by atoms with E-state index in [9.17, 15) is 13.6 Å². The van der Waals surface area contributed by atoms with Crippen LogP contribution in [0.15, 0.2) is 18.2 Å². The lowest BCUT2D eigenvalue weighted by Gasteiger charge is -2.11. The van der Waals surface area contributed by atoms with Crippen molar-refractivity contribution in [2.75, 3.05) is 26.7 Å². The number of carbonyl (C=O) groups is 1. The van der Waals surface area contributed by atoms with Gasteiger partial charge < -0.3 is 20.1 Å². The minimum absolute atomic E-state index is 0. The van der Waals surface area contributed by atoms with E-state index in [1.165, 1.54) is 25.3 Å². The Morgan fingerprint density at radius 1 is 1.23 bits per heavy atom. The Bertz CT molecular complexity index is 462. The van der Waals surface area contributed by atoms with Crippen LogP contribution >= 0.6 is 12.4 Å². The van der Waals surface area contributed by atoms with Gasteiger partial charge in [0.1, 0.15) is 0 Å². The summed E-state index contributed by atoms with van der Waals surface area (Å²) >= 11 is 0. The van der Waals surface area contributed by atoms with Crippen LogP contribution in [0.2, 0.25) is 0 Å². The second-order valence-electron chi connectivity index (χ2n) is 4.25. The maximum atomic E-state index is 12.3. The Morgan fingerprint density at radius 3 is 2.55 bits per heavy atom. The number of benzene rings is 1. The van der Waals surface area contributed by atoms with Crippen LogP contribution in [-0.2, 0) is 0 Å². The number of hydrogen-bond acceptors (Lipinski definition) is 4. The van der Waals surface area contributed by atoms with Crippen LogP contribution in [-0.4, -0.2) is 39.3 Å². The average Bonchev–Trinajstić information content (AvgIpc) is 2.46. The molecule has 0 unspecified atom stereocenters. The molecule has 22 heavy (non-hydrogen) atoms. The molecule has 126 valence electrons. The summed E-state index contributed by atoms with van der Waals surface area (Å²) in [6.07, 6.45) is 1.01. The summed E-state index contributed by atoms with van der Waals surface area (Å²) in [7, 11) is 1.34. The van der Waals surface area contributed by atoms with Gasteiger partial charge in [0.2, 0.25) is 0 Å². The van der Waals surface area contributed by atoms with E-state index in [0.29, 0.717) is 13.1 Å². The number of ether oxygens (including phenoxy) is 2. The molecule has 0 aromatic heterocycles. The summed E-state index contributed by atoms with van der Waals surface area (Å²) in [5.41, 5.74) is 0.238. The molecule has 0 aliphatic carbocycles. The number of rotatable bonds is 9. The first-order valence-corrected chi connectivity index (χ1v) is 6.70. The SMILES string of the molecule is CCCNCCNC(=O)c1ccc(OC)c(OC(F)F)c1.Cl. The standard InChI is InChI=1S/C14H20F2N2O3.ClH/c1-3-6-17-7-8-18-13(19)10-4-5-11(20-2)12(9-10)21-14(15)16;/h4-5,9,14,17H,3,6-8H2,1-2H3,(H,18,19);1H. The van der Waals surface area contributed by atoms with Crippen LogP contribution in [0.4, 0.5) is 8.78 Å². The molecule has 0 heterocycles. The molecular weight excluding hydrogens is 318 g/mol. The van der Waals surface area contributed by atoms with E-state index in [1.54, 1.807) is 0 Å². The topological polar surface area (TPSA) is 59.6 Å². The van der Waals surface area contributed by atoms with Crippen molar-refractivity contribution in [3.05, 3.63) is 23.8 Å². The van der Waals surface area contributed by atoms with E-state index in [4.69, 9.17) is 4.74 Å². The minimum Gasteiger partial charge on any atom is -0.493 e. The van der Waals surface area contributed by atoms with Gasteiger partial charge in [-0.25, -0.2) is 0 Å². The summed E-state index contributed by atoms with van der Waals surface area (Å²) in [4.78, 5) is 11.9. The first-order chi connectivity index (χ1) is 10.1. The maximum absolute atomic E-state index is 12.3. The van der Waals surface area contributed by atoms with Gasteiger partial charge >= 0.3 is 6.61 Å². The van der Waals surface area contributed by atoms with Crippen LogP contribution < -0.4 is 20.1 Å². The van der Waals surface area contributed by atoms with Gasteiger partial charge in [-0.15, -0.1) is 12.4 Å². The highest BCUT2D eigenvalue weighted by Gasteiger charge is 2.14. The molecular formula is C14H21ClF2N2O3. The molecule has 0 aliphatic rings. The van der Waals surface area contributed by atoms with Crippen molar-refractivity contribution in [2.45, 2.75) is 20.0 Å². The molecule has 0 spiro atoms. The van der Waals surface area contributed by atoms with E-state index in [0.717, 1.165) is 13.0 Å². The molecule has 0 saturated carbocycles. The Labute approximate surface area is 134 Å². The number of alkyl halides is 2. The summed E-state index contributed by atoms with van der Waals surface area (Å²) in [5.74, 6) is -0.365. The lowest BCUT2D eigenvalue weighted by molar-refractivity contribution is -0.0512. The number of amides is 1. The summed E-state index contributed by atoms with van der Waals surface area (Å²) < 4.78 is 33.8. The zero-order valence-corrected chi connectivity index (χ0v) is 13.3. The van der Waals surface area contributed by atoms with Gasteiger partial charge in [0.05, 0.1) is 7.11 Å². The lowest BCUT2D eigenvalue weighted by atomic mass is 10.2.